The Hall–Kier alpha value is 0. The molecular weight excluding hydrogens is 180 g/mol. The summed E-state index contributed by atoms with van der Waals surface area (Å²) in [4.78, 5) is 0. The molecule has 0 amide bonds. The molecule has 2 aliphatic carbocycles. The molecule has 0 aliphatic heterocycles. The van der Waals surface area contributed by atoms with Crippen LogP contribution in [0, 0.1) is 29.6 Å². The van der Waals surface area contributed by atoms with Gasteiger partial charge in [-0.3, -0.25) is 0 Å². The second-order valence-electron chi connectivity index (χ2n) is 6.53. The van der Waals surface area contributed by atoms with Crippen molar-refractivity contribution in [3.8, 4) is 0 Å². The zero-order chi connectivity index (χ0) is 10.8. The topological polar surface area (TPSA) is 0 Å². The van der Waals surface area contributed by atoms with Crippen molar-refractivity contribution in [2.45, 2.75) is 65.7 Å². The molecule has 0 nitrogen and oxygen atoms in total. The highest BCUT2D eigenvalue weighted by Crippen LogP contribution is 2.46. The molecule has 0 heteroatoms. The quantitative estimate of drug-likeness (QED) is 0.606. The summed E-state index contributed by atoms with van der Waals surface area (Å²) in [6.45, 7) is 7.36. The average molecular weight is 208 g/mol. The first-order chi connectivity index (χ1) is 7.18. The molecule has 0 N–H and O–H groups in total. The monoisotopic (exact) mass is 208 g/mol. The van der Waals surface area contributed by atoms with Crippen molar-refractivity contribution in [3.63, 3.8) is 0 Å². The Morgan fingerprint density at radius 2 is 1.60 bits per heavy atom. The van der Waals surface area contributed by atoms with E-state index in [9.17, 15) is 0 Å². The Morgan fingerprint density at radius 1 is 0.933 bits per heavy atom. The van der Waals surface area contributed by atoms with Gasteiger partial charge < -0.3 is 0 Å². The third-order valence-corrected chi connectivity index (χ3v) is 5.08. The Labute approximate surface area is 95.8 Å². The minimum Gasteiger partial charge on any atom is -0.0625 e. The molecule has 3 unspecified atom stereocenters. The van der Waals surface area contributed by atoms with E-state index < -0.39 is 0 Å². The van der Waals surface area contributed by atoms with Gasteiger partial charge in [-0.25, -0.2) is 0 Å². The molecule has 0 heterocycles. The maximum atomic E-state index is 2.47. The lowest BCUT2D eigenvalue weighted by molar-refractivity contribution is 0.0940. The molecular formula is C15H28. The molecule has 2 aliphatic rings. The average Bonchev–Trinajstić information content (AvgIpc) is 2.69. The summed E-state index contributed by atoms with van der Waals surface area (Å²) >= 11 is 0. The predicted octanol–water partition coefficient (Wildman–Crippen LogP) is 4.89. The first kappa shape index (κ1) is 11.5. The van der Waals surface area contributed by atoms with Crippen molar-refractivity contribution < 1.29 is 0 Å². The minimum absolute atomic E-state index is 0.920. The molecule has 0 radical (unpaired) electrons. The standard InChI is InChI=1S/C15H28/c1-11(2)14-9-8-12(3)10-15(14)13-6-4-5-7-13/h11-15H,4-10H2,1-3H3. The van der Waals surface area contributed by atoms with Crippen molar-refractivity contribution in [1.29, 1.82) is 0 Å². The zero-order valence-electron chi connectivity index (χ0n) is 10.8. The molecule has 2 rings (SSSR count). The molecule has 0 bridgehead atoms. The van der Waals surface area contributed by atoms with Crippen molar-refractivity contribution in [3.05, 3.63) is 0 Å². The van der Waals surface area contributed by atoms with E-state index in [0.717, 1.165) is 29.6 Å². The molecule has 0 aromatic carbocycles. The van der Waals surface area contributed by atoms with Gasteiger partial charge in [0.2, 0.25) is 0 Å². The number of hydrogen-bond acceptors (Lipinski definition) is 0. The molecule has 0 aromatic heterocycles. The highest BCUT2D eigenvalue weighted by molar-refractivity contribution is 4.86. The maximum Gasteiger partial charge on any atom is -0.0352 e. The van der Waals surface area contributed by atoms with Crippen LogP contribution in [-0.2, 0) is 0 Å². The number of hydrogen-bond donors (Lipinski definition) is 0. The molecule has 0 spiro atoms. The summed E-state index contributed by atoms with van der Waals surface area (Å²) in [5.74, 6) is 5.15. The zero-order valence-corrected chi connectivity index (χ0v) is 10.8. The highest BCUT2D eigenvalue weighted by atomic mass is 14.4. The van der Waals surface area contributed by atoms with Gasteiger partial charge in [-0.05, 0) is 42.4 Å². The summed E-state index contributed by atoms with van der Waals surface area (Å²) in [6.07, 6.45) is 10.7. The maximum absolute atomic E-state index is 2.47. The summed E-state index contributed by atoms with van der Waals surface area (Å²) in [5.41, 5.74) is 0. The van der Waals surface area contributed by atoms with E-state index in [0.29, 0.717) is 0 Å². The predicted molar refractivity (Wildman–Crippen MR) is 66.8 cm³/mol. The molecule has 0 saturated heterocycles. The molecule has 0 aromatic rings. The van der Waals surface area contributed by atoms with Gasteiger partial charge in [0.15, 0.2) is 0 Å². The van der Waals surface area contributed by atoms with E-state index in [1.54, 1.807) is 12.8 Å². The second kappa shape index (κ2) is 4.89. The van der Waals surface area contributed by atoms with E-state index >= 15 is 0 Å². The van der Waals surface area contributed by atoms with Crippen LogP contribution >= 0.6 is 0 Å². The van der Waals surface area contributed by atoms with Crippen molar-refractivity contribution in [2.24, 2.45) is 29.6 Å². The minimum atomic E-state index is 0.920. The lowest BCUT2D eigenvalue weighted by Crippen LogP contribution is -2.32. The molecule has 3 atom stereocenters. The van der Waals surface area contributed by atoms with Gasteiger partial charge in [0.05, 0.1) is 0 Å². The normalized spacial score (nSPS) is 38.8. The smallest absolute Gasteiger partial charge is 0.0352 e. The van der Waals surface area contributed by atoms with E-state index in [1.807, 2.05) is 0 Å². The lowest BCUT2D eigenvalue weighted by atomic mass is 9.65. The van der Waals surface area contributed by atoms with Crippen LogP contribution in [0.3, 0.4) is 0 Å². The summed E-state index contributed by atoms with van der Waals surface area (Å²) in [6, 6.07) is 0. The van der Waals surface area contributed by atoms with Gasteiger partial charge in [-0.1, -0.05) is 52.9 Å². The Balaban J connectivity index is 2.01. The Kier molecular flexibility index (Phi) is 3.74. The van der Waals surface area contributed by atoms with Crippen LogP contribution in [0.2, 0.25) is 0 Å². The Morgan fingerprint density at radius 3 is 2.20 bits per heavy atom. The fourth-order valence-electron chi connectivity index (χ4n) is 4.20. The second-order valence-corrected chi connectivity index (χ2v) is 6.53. The summed E-state index contributed by atoms with van der Waals surface area (Å²) in [7, 11) is 0. The third kappa shape index (κ3) is 2.57. The van der Waals surface area contributed by atoms with E-state index in [2.05, 4.69) is 20.8 Å². The molecule has 2 fully saturated rings. The molecule has 88 valence electrons. The van der Waals surface area contributed by atoms with Crippen molar-refractivity contribution in [1.82, 2.24) is 0 Å². The molecule has 2 saturated carbocycles. The van der Waals surface area contributed by atoms with E-state index in [4.69, 9.17) is 0 Å². The highest BCUT2D eigenvalue weighted by Gasteiger charge is 2.36. The Bertz CT molecular complexity index is 188. The van der Waals surface area contributed by atoms with Gasteiger partial charge in [0.1, 0.15) is 0 Å². The van der Waals surface area contributed by atoms with Gasteiger partial charge in [0, 0.05) is 0 Å². The summed E-state index contributed by atoms with van der Waals surface area (Å²) in [5, 5.41) is 0. The SMILES string of the molecule is CC1CCC(C(C)C)C(C2CCCC2)C1. The van der Waals surface area contributed by atoms with Gasteiger partial charge in [-0.2, -0.15) is 0 Å². The first-order valence-corrected chi connectivity index (χ1v) is 7.18. The van der Waals surface area contributed by atoms with Crippen LogP contribution in [0.5, 0.6) is 0 Å². The van der Waals surface area contributed by atoms with Crippen LogP contribution in [0.25, 0.3) is 0 Å². The van der Waals surface area contributed by atoms with Crippen LogP contribution < -0.4 is 0 Å². The van der Waals surface area contributed by atoms with E-state index in [1.165, 1.54) is 32.1 Å². The van der Waals surface area contributed by atoms with E-state index in [-0.39, 0.29) is 0 Å². The van der Waals surface area contributed by atoms with Crippen molar-refractivity contribution in [2.75, 3.05) is 0 Å². The van der Waals surface area contributed by atoms with Crippen LogP contribution in [0.1, 0.15) is 65.7 Å². The fraction of sp³-hybridized carbons (Fsp3) is 1.00. The third-order valence-electron chi connectivity index (χ3n) is 5.08. The fourth-order valence-corrected chi connectivity index (χ4v) is 4.20. The van der Waals surface area contributed by atoms with Crippen LogP contribution in [0.4, 0.5) is 0 Å². The van der Waals surface area contributed by atoms with Crippen molar-refractivity contribution >= 4 is 0 Å². The number of rotatable bonds is 2. The lowest BCUT2D eigenvalue weighted by Gasteiger charge is -2.40. The summed E-state index contributed by atoms with van der Waals surface area (Å²) < 4.78 is 0. The van der Waals surface area contributed by atoms with Gasteiger partial charge in [0.25, 0.3) is 0 Å². The largest absolute Gasteiger partial charge is 0.0625 e. The first-order valence-electron chi connectivity index (χ1n) is 7.18. The van der Waals surface area contributed by atoms with Gasteiger partial charge >= 0.3 is 0 Å². The molecule has 15 heavy (non-hydrogen) atoms. The van der Waals surface area contributed by atoms with Gasteiger partial charge in [-0.15, -0.1) is 0 Å². The van der Waals surface area contributed by atoms with Crippen LogP contribution in [-0.4, -0.2) is 0 Å². The van der Waals surface area contributed by atoms with Crippen LogP contribution in [0.15, 0.2) is 0 Å².